The van der Waals surface area contributed by atoms with Gasteiger partial charge in [0, 0.05) is 0 Å². The number of phenols is 3. The van der Waals surface area contributed by atoms with Crippen LogP contribution in [0.4, 0.5) is 0 Å². The highest BCUT2D eigenvalue weighted by Crippen LogP contribution is 2.35. The third kappa shape index (κ3) is 17.2. The first-order valence-corrected chi connectivity index (χ1v) is 14.4. The number of phenolic OH excluding ortho intramolecular Hbond substituents is 3. The van der Waals surface area contributed by atoms with Crippen molar-refractivity contribution in [1.29, 1.82) is 0 Å². The van der Waals surface area contributed by atoms with E-state index in [2.05, 4.69) is 6.92 Å². The third-order valence-corrected chi connectivity index (χ3v) is 6.74. The lowest BCUT2D eigenvalue weighted by Gasteiger charge is -2.07. The zero-order chi connectivity index (χ0) is 25.6. The normalized spacial score (nSPS) is 11.1. The highest BCUT2D eigenvalue weighted by molar-refractivity contribution is 5.73. The molecule has 0 aliphatic rings. The second-order valence-electron chi connectivity index (χ2n) is 10.1. The van der Waals surface area contributed by atoms with Gasteiger partial charge in [0.15, 0.2) is 17.2 Å². The van der Waals surface area contributed by atoms with Crippen LogP contribution >= 0.6 is 0 Å². The molecule has 202 valence electrons. The van der Waals surface area contributed by atoms with Crippen molar-refractivity contribution >= 4 is 5.97 Å². The molecule has 3 N–H and O–H groups in total. The van der Waals surface area contributed by atoms with Gasteiger partial charge in [0.1, 0.15) is 0 Å². The molecule has 0 fully saturated rings. The number of esters is 1. The number of unbranched alkanes of at least 4 members (excludes halogenated alkanes) is 19. The lowest BCUT2D eigenvalue weighted by atomic mass is 10.0. The average Bonchev–Trinajstić information content (AvgIpc) is 2.83. The molecule has 0 aliphatic carbocycles. The number of ether oxygens (including phenoxy) is 1. The SMILES string of the molecule is CCCCCCCCCCCCCCCCCCCCCCOC(=O)Cc1cc(O)c(O)c(O)c1. The van der Waals surface area contributed by atoms with Gasteiger partial charge in [0.25, 0.3) is 0 Å². The van der Waals surface area contributed by atoms with Gasteiger partial charge in [-0.15, -0.1) is 0 Å². The Morgan fingerprint density at radius 3 is 1.31 bits per heavy atom. The summed E-state index contributed by atoms with van der Waals surface area (Å²) in [6.45, 7) is 2.68. The number of aromatic hydroxyl groups is 3. The molecule has 0 amide bonds. The summed E-state index contributed by atoms with van der Waals surface area (Å²) in [4.78, 5) is 11.9. The highest BCUT2D eigenvalue weighted by Gasteiger charge is 2.11. The molecule has 1 aromatic carbocycles. The van der Waals surface area contributed by atoms with Crippen molar-refractivity contribution in [2.24, 2.45) is 0 Å². The molecule has 5 nitrogen and oxygen atoms in total. The maximum Gasteiger partial charge on any atom is 0.310 e. The molecule has 1 rings (SSSR count). The first-order chi connectivity index (χ1) is 17.0. The van der Waals surface area contributed by atoms with Crippen LogP contribution in [0.3, 0.4) is 0 Å². The van der Waals surface area contributed by atoms with Gasteiger partial charge >= 0.3 is 5.97 Å². The quantitative estimate of drug-likeness (QED) is 0.0807. The summed E-state index contributed by atoms with van der Waals surface area (Å²) in [7, 11) is 0. The van der Waals surface area contributed by atoms with Crippen molar-refractivity contribution in [3.8, 4) is 17.2 Å². The molecular weight excluding hydrogens is 440 g/mol. The minimum absolute atomic E-state index is 0.0411. The topological polar surface area (TPSA) is 87.0 Å². The van der Waals surface area contributed by atoms with Crippen molar-refractivity contribution < 1.29 is 24.9 Å². The van der Waals surface area contributed by atoms with Gasteiger partial charge in [-0.25, -0.2) is 0 Å². The van der Waals surface area contributed by atoms with Crippen molar-refractivity contribution in [1.82, 2.24) is 0 Å². The second-order valence-corrected chi connectivity index (χ2v) is 10.1. The summed E-state index contributed by atoms with van der Waals surface area (Å²) in [5.74, 6) is -1.86. The molecule has 1 aromatic rings. The van der Waals surface area contributed by atoms with Crippen LogP contribution in [0, 0.1) is 0 Å². The molecule has 0 aromatic heterocycles. The van der Waals surface area contributed by atoms with Crippen LogP contribution in [-0.4, -0.2) is 27.9 Å². The number of benzene rings is 1. The highest BCUT2D eigenvalue weighted by atomic mass is 16.5. The van der Waals surface area contributed by atoms with E-state index in [1.807, 2.05) is 0 Å². The van der Waals surface area contributed by atoms with Gasteiger partial charge in [-0.2, -0.15) is 0 Å². The summed E-state index contributed by atoms with van der Waals surface area (Å²) in [6.07, 6.45) is 26.7. The molecule has 0 aliphatic heterocycles. The number of hydrogen-bond donors (Lipinski definition) is 3. The standard InChI is InChI=1S/C30H52O5/c1-2-3-4-5-6-7-8-9-10-11-12-13-14-15-16-17-18-19-20-21-22-35-29(33)25-26-23-27(31)30(34)28(32)24-26/h23-24,31-32,34H,2-22,25H2,1H3. The maximum atomic E-state index is 11.9. The fourth-order valence-corrected chi connectivity index (χ4v) is 4.52. The Morgan fingerprint density at radius 2 is 0.943 bits per heavy atom. The van der Waals surface area contributed by atoms with Crippen LogP contribution in [0.2, 0.25) is 0 Å². The van der Waals surface area contributed by atoms with E-state index in [0.29, 0.717) is 12.2 Å². The first-order valence-electron chi connectivity index (χ1n) is 14.4. The number of rotatable bonds is 23. The van der Waals surface area contributed by atoms with Crippen molar-refractivity contribution in [3.63, 3.8) is 0 Å². The minimum Gasteiger partial charge on any atom is -0.504 e. The Bertz CT molecular complexity index is 635. The Hall–Kier alpha value is -1.91. The smallest absolute Gasteiger partial charge is 0.310 e. The molecule has 0 unspecified atom stereocenters. The Morgan fingerprint density at radius 1 is 0.600 bits per heavy atom. The van der Waals surface area contributed by atoms with Crippen molar-refractivity contribution in [2.75, 3.05) is 6.61 Å². The van der Waals surface area contributed by atoms with Crippen LogP contribution in [0.5, 0.6) is 17.2 Å². The zero-order valence-electron chi connectivity index (χ0n) is 22.4. The van der Waals surface area contributed by atoms with E-state index in [-0.39, 0.29) is 6.42 Å². The number of hydrogen-bond acceptors (Lipinski definition) is 5. The molecular formula is C30H52O5. The summed E-state index contributed by atoms with van der Waals surface area (Å²) in [6, 6.07) is 2.52. The van der Waals surface area contributed by atoms with Crippen LogP contribution < -0.4 is 0 Å². The predicted molar refractivity (Wildman–Crippen MR) is 144 cm³/mol. The van der Waals surface area contributed by atoms with Crippen molar-refractivity contribution in [3.05, 3.63) is 17.7 Å². The van der Waals surface area contributed by atoms with E-state index in [1.165, 1.54) is 128 Å². The van der Waals surface area contributed by atoms with Crippen LogP contribution in [0.15, 0.2) is 12.1 Å². The predicted octanol–water partition coefficient (Wildman–Crippen LogP) is 8.71. The first kappa shape index (κ1) is 31.1. The largest absolute Gasteiger partial charge is 0.504 e. The van der Waals surface area contributed by atoms with Crippen molar-refractivity contribution in [2.45, 2.75) is 142 Å². The summed E-state index contributed by atoms with van der Waals surface area (Å²) in [5.41, 5.74) is 0.409. The summed E-state index contributed by atoms with van der Waals surface area (Å²) in [5, 5.41) is 28.3. The van der Waals surface area contributed by atoms with E-state index in [0.717, 1.165) is 12.8 Å². The Labute approximate surface area is 214 Å². The lowest BCUT2D eigenvalue weighted by Crippen LogP contribution is -2.09. The molecule has 0 saturated heterocycles. The fraction of sp³-hybridized carbons (Fsp3) is 0.767. The molecule has 0 bridgehead atoms. The van der Waals surface area contributed by atoms with Crippen LogP contribution in [0.25, 0.3) is 0 Å². The van der Waals surface area contributed by atoms with Crippen LogP contribution in [0.1, 0.15) is 141 Å². The van der Waals surface area contributed by atoms with E-state index in [4.69, 9.17) is 4.74 Å². The van der Waals surface area contributed by atoms with Gasteiger partial charge in [-0.1, -0.05) is 129 Å². The van der Waals surface area contributed by atoms with E-state index < -0.39 is 23.2 Å². The van der Waals surface area contributed by atoms with E-state index in [1.54, 1.807) is 0 Å². The maximum absolute atomic E-state index is 11.9. The van der Waals surface area contributed by atoms with Gasteiger partial charge in [0.2, 0.25) is 0 Å². The monoisotopic (exact) mass is 492 g/mol. The minimum atomic E-state index is -0.577. The molecule has 35 heavy (non-hydrogen) atoms. The van der Waals surface area contributed by atoms with Gasteiger partial charge < -0.3 is 20.1 Å². The molecule has 5 heteroatoms. The zero-order valence-corrected chi connectivity index (χ0v) is 22.4. The Kier molecular flexibility index (Phi) is 19.0. The van der Waals surface area contributed by atoms with Gasteiger partial charge in [0.05, 0.1) is 13.0 Å². The van der Waals surface area contributed by atoms with E-state index in [9.17, 15) is 20.1 Å². The number of carbonyl (C=O) groups is 1. The fourth-order valence-electron chi connectivity index (χ4n) is 4.52. The van der Waals surface area contributed by atoms with Gasteiger partial charge in [-0.3, -0.25) is 4.79 Å². The Balaban J connectivity index is 1.80. The third-order valence-electron chi connectivity index (χ3n) is 6.74. The second kappa shape index (κ2) is 21.4. The summed E-state index contributed by atoms with van der Waals surface area (Å²) >= 11 is 0. The molecule has 0 spiro atoms. The summed E-state index contributed by atoms with van der Waals surface area (Å²) < 4.78 is 5.23. The lowest BCUT2D eigenvalue weighted by molar-refractivity contribution is -0.142. The molecule has 0 atom stereocenters. The number of carbonyl (C=O) groups excluding carboxylic acids is 1. The average molecular weight is 493 g/mol. The molecule has 0 heterocycles. The van der Waals surface area contributed by atoms with Gasteiger partial charge in [-0.05, 0) is 24.1 Å². The molecule has 0 saturated carbocycles. The van der Waals surface area contributed by atoms with Crippen LogP contribution in [-0.2, 0) is 16.0 Å². The van der Waals surface area contributed by atoms with E-state index >= 15 is 0 Å². The molecule has 0 radical (unpaired) electrons.